The lowest BCUT2D eigenvalue weighted by atomic mass is 10.0. The number of carbonyl (C=O) groups is 2. The van der Waals surface area contributed by atoms with E-state index in [4.69, 9.17) is 9.47 Å². The molecule has 0 aromatic heterocycles. The molecule has 2 amide bonds. The van der Waals surface area contributed by atoms with E-state index in [2.05, 4.69) is 4.90 Å². The zero-order valence-corrected chi connectivity index (χ0v) is 17.4. The van der Waals surface area contributed by atoms with Crippen LogP contribution in [0.15, 0.2) is 54.2 Å². The summed E-state index contributed by atoms with van der Waals surface area (Å²) in [5.74, 6) is 0.940. The number of aryl methyl sites for hydroxylation is 1. The standard InChI is InChI=1S/C24H26N2O4/c1-17-5-7-18(8-6-17)21-22(25-13-3-4-14-25)24(28)26(23(21)27)15-16-30-20-11-9-19(29-2)10-12-20/h5-12H,3-4,13-16H2,1-2H3. The molecule has 6 nitrogen and oxygen atoms in total. The lowest BCUT2D eigenvalue weighted by molar-refractivity contribution is -0.137. The fourth-order valence-corrected chi connectivity index (χ4v) is 3.91. The highest BCUT2D eigenvalue weighted by atomic mass is 16.5. The van der Waals surface area contributed by atoms with Gasteiger partial charge in [0.1, 0.15) is 23.8 Å². The number of carbonyl (C=O) groups excluding carboxylic acids is 2. The lowest BCUT2D eigenvalue weighted by Gasteiger charge is -2.20. The molecule has 156 valence electrons. The van der Waals surface area contributed by atoms with E-state index in [1.165, 1.54) is 4.90 Å². The minimum absolute atomic E-state index is 0.205. The number of likely N-dealkylation sites (tertiary alicyclic amines) is 1. The molecule has 0 radical (unpaired) electrons. The third-order valence-electron chi connectivity index (χ3n) is 5.55. The highest BCUT2D eigenvalue weighted by Crippen LogP contribution is 2.33. The van der Waals surface area contributed by atoms with E-state index < -0.39 is 0 Å². The van der Waals surface area contributed by atoms with Crippen LogP contribution in [-0.2, 0) is 9.59 Å². The topological polar surface area (TPSA) is 59.1 Å². The predicted octanol–water partition coefficient (Wildman–Crippen LogP) is 3.26. The normalized spacial score (nSPS) is 16.6. The molecule has 2 aliphatic heterocycles. The zero-order chi connectivity index (χ0) is 21.1. The fourth-order valence-electron chi connectivity index (χ4n) is 3.91. The van der Waals surface area contributed by atoms with Gasteiger partial charge in [-0.25, -0.2) is 0 Å². The van der Waals surface area contributed by atoms with E-state index in [1.807, 2.05) is 43.3 Å². The molecule has 2 heterocycles. The second kappa shape index (κ2) is 8.61. The first-order chi connectivity index (χ1) is 14.6. The summed E-state index contributed by atoms with van der Waals surface area (Å²) in [7, 11) is 1.61. The van der Waals surface area contributed by atoms with Crippen LogP contribution in [0.25, 0.3) is 5.57 Å². The predicted molar refractivity (Wildman–Crippen MR) is 114 cm³/mol. The second-order valence-corrected chi connectivity index (χ2v) is 7.57. The number of benzene rings is 2. The van der Waals surface area contributed by atoms with Gasteiger partial charge in [0.25, 0.3) is 11.8 Å². The Labute approximate surface area is 176 Å². The van der Waals surface area contributed by atoms with Crippen LogP contribution in [0, 0.1) is 6.92 Å². The molecule has 0 bridgehead atoms. The van der Waals surface area contributed by atoms with Crippen LogP contribution in [0.2, 0.25) is 0 Å². The maximum atomic E-state index is 13.2. The molecule has 0 unspecified atom stereocenters. The van der Waals surface area contributed by atoms with Gasteiger partial charge in [-0.3, -0.25) is 14.5 Å². The molecule has 1 saturated heterocycles. The van der Waals surface area contributed by atoms with Crippen molar-refractivity contribution in [1.82, 2.24) is 9.80 Å². The molecule has 2 aromatic carbocycles. The van der Waals surface area contributed by atoms with Crippen LogP contribution < -0.4 is 9.47 Å². The maximum absolute atomic E-state index is 13.2. The van der Waals surface area contributed by atoms with Crippen LogP contribution in [0.3, 0.4) is 0 Å². The average molecular weight is 406 g/mol. The molecule has 4 rings (SSSR count). The summed E-state index contributed by atoms with van der Waals surface area (Å²) in [6.45, 7) is 4.05. The maximum Gasteiger partial charge on any atom is 0.277 e. The van der Waals surface area contributed by atoms with Crippen molar-refractivity contribution < 1.29 is 19.1 Å². The van der Waals surface area contributed by atoms with E-state index in [0.717, 1.165) is 42.8 Å². The smallest absolute Gasteiger partial charge is 0.277 e. The van der Waals surface area contributed by atoms with Gasteiger partial charge in [-0.15, -0.1) is 0 Å². The molecule has 1 fully saturated rings. The molecular weight excluding hydrogens is 380 g/mol. The van der Waals surface area contributed by atoms with Gasteiger partial charge in [-0.2, -0.15) is 0 Å². The summed E-state index contributed by atoms with van der Waals surface area (Å²) in [6, 6.07) is 15.0. The Hall–Kier alpha value is -3.28. The molecule has 0 atom stereocenters. The highest BCUT2D eigenvalue weighted by molar-refractivity contribution is 6.35. The highest BCUT2D eigenvalue weighted by Gasteiger charge is 2.41. The van der Waals surface area contributed by atoms with Gasteiger partial charge in [0.05, 0.1) is 19.2 Å². The van der Waals surface area contributed by atoms with Crippen molar-refractivity contribution >= 4 is 17.4 Å². The fraction of sp³-hybridized carbons (Fsp3) is 0.333. The second-order valence-electron chi connectivity index (χ2n) is 7.57. The molecule has 0 aliphatic carbocycles. The van der Waals surface area contributed by atoms with Crippen molar-refractivity contribution in [2.75, 3.05) is 33.4 Å². The molecule has 0 N–H and O–H groups in total. The summed E-state index contributed by atoms with van der Waals surface area (Å²) in [5, 5.41) is 0. The van der Waals surface area contributed by atoms with Gasteiger partial charge in [-0.05, 0) is 49.6 Å². The molecule has 30 heavy (non-hydrogen) atoms. The number of rotatable bonds is 7. The van der Waals surface area contributed by atoms with Crippen molar-refractivity contribution in [2.24, 2.45) is 0 Å². The number of hydrogen-bond acceptors (Lipinski definition) is 5. The lowest BCUT2D eigenvalue weighted by Crippen LogP contribution is -2.37. The van der Waals surface area contributed by atoms with Crippen molar-refractivity contribution in [3.8, 4) is 11.5 Å². The third-order valence-corrected chi connectivity index (χ3v) is 5.55. The van der Waals surface area contributed by atoms with Crippen LogP contribution in [-0.4, -0.2) is 55.0 Å². The Morgan fingerprint density at radius 2 is 1.50 bits per heavy atom. The summed E-state index contributed by atoms with van der Waals surface area (Å²) < 4.78 is 10.9. The number of ether oxygens (including phenoxy) is 2. The van der Waals surface area contributed by atoms with Gasteiger partial charge >= 0.3 is 0 Å². The summed E-state index contributed by atoms with van der Waals surface area (Å²) in [4.78, 5) is 29.8. The van der Waals surface area contributed by atoms with Gasteiger partial charge < -0.3 is 14.4 Å². The van der Waals surface area contributed by atoms with Gasteiger partial charge in [0.15, 0.2) is 0 Å². The van der Waals surface area contributed by atoms with Crippen LogP contribution >= 0.6 is 0 Å². The number of methoxy groups -OCH3 is 1. The number of amides is 2. The van der Waals surface area contributed by atoms with E-state index in [9.17, 15) is 9.59 Å². The summed E-state index contributed by atoms with van der Waals surface area (Å²) in [5.41, 5.74) is 2.94. The van der Waals surface area contributed by atoms with Crippen molar-refractivity contribution in [1.29, 1.82) is 0 Å². The quantitative estimate of drug-likeness (QED) is 0.661. The zero-order valence-electron chi connectivity index (χ0n) is 17.4. The largest absolute Gasteiger partial charge is 0.497 e. The number of hydrogen-bond donors (Lipinski definition) is 0. The average Bonchev–Trinajstić information content (AvgIpc) is 3.37. The van der Waals surface area contributed by atoms with Crippen molar-refractivity contribution in [3.05, 3.63) is 65.4 Å². The minimum Gasteiger partial charge on any atom is -0.497 e. The van der Waals surface area contributed by atoms with Gasteiger partial charge in [-0.1, -0.05) is 29.8 Å². The van der Waals surface area contributed by atoms with Gasteiger partial charge in [0, 0.05) is 13.1 Å². The number of imide groups is 1. The molecule has 2 aromatic rings. The Balaban J connectivity index is 1.52. The van der Waals surface area contributed by atoms with E-state index >= 15 is 0 Å². The SMILES string of the molecule is COc1ccc(OCCN2C(=O)C(c3ccc(C)cc3)=C(N3CCCC3)C2=O)cc1. The van der Waals surface area contributed by atoms with Crippen LogP contribution in [0.1, 0.15) is 24.0 Å². The Morgan fingerprint density at radius 3 is 2.13 bits per heavy atom. The molecular formula is C24H26N2O4. The van der Waals surface area contributed by atoms with Crippen LogP contribution in [0.5, 0.6) is 11.5 Å². The van der Waals surface area contributed by atoms with Crippen LogP contribution in [0.4, 0.5) is 0 Å². The molecule has 2 aliphatic rings. The monoisotopic (exact) mass is 406 g/mol. The molecule has 0 saturated carbocycles. The Bertz CT molecular complexity index is 958. The first-order valence-electron chi connectivity index (χ1n) is 10.3. The first-order valence-corrected chi connectivity index (χ1v) is 10.3. The van der Waals surface area contributed by atoms with E-state index in [1.54, 1.807) is 19.2 Å². The summed E-state index contributed by atoms with van der Waals surface area (Å²) in [6.07, 6.45) is 2.07. The molecule has 0 spiro atoms. The Morgan fingerprint density at radius 1 is 0.867 bits per heavy atom. The summed E-state index contributed by atoms with van der Waals surface area (Å²) >= 11 is 0. The van der Waals surface area contributed by atoms with E-state index in [0.29, 0.717) is 17.0 Å². The van der Waals surface area contributed by atoms with E-state index in [-0.39, 0.29) is 25.0 Å². The van der Waals surface area contributed by atoms with Crippen molar-refractivity contribution in [2.45, 2.75) is 19.8 Å². The number of nitrogens with zero attached hydrogens (tertiary/aromatic N) is 2. The van der Waals surface area contributed by atoms with Crippen molar-refractivity contribution in [3.63, 3.8) is 0 Å². The third kappa shape index (κ3) is 3.90. The first kappa shape index (κ1) is 20.0. The minimum atomic E-state index is -0.246. The van der Waals surface area contributed by atoms with Gasteiger partial charge in [0.2, 0.25) is 0 Å². The molecule has 6 heteroatoms. The Kier molecular flexibility index (Phi) is 5.74.